The highest BCUT2D eigenvalue weighted by Crippen LogP contribution is 2.24. The number of rotatable bonds is 6. The first-order valence-electron chi connectivity index (χ1n) is 8.48. The normalized spacial score (nSPS) is 11.3. The maximum absolute atomic E-state index is 13.8. The van der Waals surface area contributed by atoms with Crippen LogP contribution in [-0.2, 0) is 10.0 Å². The van der Waals surface area contributed by atoms with Crippen molar-refractivity contribution in [1.82, 2.24) is 19.7 Å². The lowest BCUT2D eigenvalue weighted by molar-refractivity contribution is 0.460. The fraction of sp³-hybridized carbons (Fsp3) is 0. The monoisotopic (exact) mass is 429 g/mol. The van der Waals surface area contributed by atoms with Gasteiger partial charge in [0.05, 0.1) is 0 Å². The average molecular weight is 429 g/mol. The van der Waals surface area contributed by atoms with Crippen LogP contribution in [0.2, 0.25) is 0 Å². The number of sulfonamides is 1. The van der Waals surface area contributed by atoms with Gasteiger partial charge in [0.1, 0.15) is 28.6 Å². The van der Waals surface area contributed by atoms with E-state index in [2.05, 4.69) is 19.8 Å². The van der Waals surface area contributed by atoms with E-state index in [1.165, 1.54) is 30.6 Å². The number of benzene rings is 2. The van der Waals surface area contributed by atoms with Gasteiger partial charge >= 0.3 is 0 Å². The molecule has 0 radical (unpaired) electrons. The van der Waals surface area contributed by atoms with Crippen molar-refractivity contribution in [2.45, 2.75) is 4.90 Å². The molecule has 0 spiro atoms. The summed E-state index contributed by atoms with van der Waals surface area (Å²) in [7, 11) is -4.23. The predicted octanol–water partition coefficient (Wildman–Crippen LogP) is 3.53. The number of aromatic nitrogens is 4. The Kier molecular flexibility index (Phi) is 5.11. The van der Waals surface area contributed by atoms with E-state index in [9.17, 15) is 17.2 Å². The van der Waals surface area contributed by atoms with E-state index < -0.39 is 26.6 Å². The Morgan fingerprint density at radius 2 is 1.80 bits per heavy atom. The summed E-state index contributed by atoms with van der Waals surface area (Å²) in [5.74, 6) is -0.892. The third-order valence-electron chi connectivity index (χ3n) is 3.88. The number of nitrogens with one attached hydrogen (secondary N) is 1. The highest BCUT2D eigenvalue weighted by Gasteiger charge is 2.19. The molecule has 0 amide bonds. The molecular weight excluding hydrogens is 416 g/mol. The lowest BCUT2D eigenvalue weighted by atomic mass is 10.3. The summed E-state index contributed by atoms with van der Waals surface area (Å²) >= 11 is 0. The molecule has 30 heavy (non-hydrogen) atoms. The Labute approximate surface area is 169 Å². The van der Waals surface area contributed by atoms with E-state index in [0.717, 1.165) is 12.1 Å². The van der Waals surface area contributed by atoms with Crippen molar-refractivity contribution in [3.05, 3.63) is 85.0 Å². The van der Waals surface area contributed by atoms with Crippen molar-refractivity contribution >= 4 is 15.7 Å². The molecule has 4 aromatic rings. The minimum atomic E-state index is -4.23. The van der Waals surface area contributed by atoms with Crippen molar-refractivity contribution in [3.63, 3.8) is 0 Å². The summed E-state index contributed by atoms with van der Waals surface area (Å²) in [4.78, 5) is 7.47. The summed E-state index contributed by atoms with van der Waals surface area (Å²) in [6, 6.07) is 11.5. The molecule has 152 valence electrons. The second-order valence-corrected chi connectivity index (χ2v) is 7.62. The SMILES string of the molecule is O=S(=O)(Nc1ccc(Oc2cc(-n3cccn3)ncn2)cc1)c1ccc(F)cc1F. The number of ether oxygens (including phenoxy) is 1. The average Bonchev–Trinajstić information content (AvgIpc) is 3.24. The Hall–Kier alpha value is -3.86. The van der Waals surface area contributed by atoms with E-state index in [1.807, 2.05) is 0 Å². The van der Waals surface area contributed by atoms with Crippen LogP contribution in [0.5, 0.6) is 11.6 Å². The molecule has 2 aromatic heterocycles. The standard InChI is InChI=1S/C19H13F2N5O3S/c20-13-2-7-17(16(21)10-13)30(27,28)25-14-3-5-15(6-4-14)29-19-11-18(22-12-23-19)26-9-1-8-24-26/h1-12,25H. The van der Waals surface area contributed by atoms with Gasteiger partial charge in [-0.15, -0.1) is 0 Å². The van der Waals surface area contributed by atoms with Gasteiger partial charge in [-0.1, -0.05) is 0 Å². The molecule has 4 rings (SSSR count). The smallest absolute Gasteiger partial charge is 0.264 e. The van der Waals surface area contributed by atoms with Crippen LogP contribution < -0.4 is 9.46 Å². The zero-order chi connectivity index (χ0) is 21.1. The van der Waals surface area contributed by atoms with Crippen LogP contribution in [0.1, 0.15) is 0 Å². The van der Waals surface area contributed by atoms with E-state index in [-0.39, 0.29) is 11.6 Å². The van der Waals surface area contributed by atoms with Crippen molar-refractivity contribution in [1.29, 1.82) is 0 Å². The molecule has 0 unspecified atom stereocenters. The summed E-state index contributed by atoms with van der Waals surface area (Å²) in [6.45, 7) is 0. The Bertz CT molecular complexity index is 1280. The van der Waals surface area contributed by atoms with Gasteiger partial charge in [-0.05, 0) is 42.5 Å². The first kappa shape index (κ1) is 19.5. The summed E-state index contributed by atoms with van der Waals surface area (Å²) in [5, 5.41) is 4.07. The maximum Gasteiger partial charge on any atom is 0.264 e. The molecule has 0 bridgehead atoms. The van der Waals surface area contributed by atoms with Crippen LogP contribution >= 0.6 is 0 Å². The molecule has 2 heterocycles. The van der Waals surface area contributed by atoms with Crippen molar-refractivity contribution < 1.29 is 21.9 Å². The fourth-order valence-corrected chi connectivity index (χ4v) is 3.65. The van der Waals surface area contributed by atoms with Gasteiger partial charge in [-0.2, -0.15) is 5.10 Å². The highest BCUT2D eigenvalue weighted by atomic mass is 32.2. The number of nitrogens with zero attached hydrogens (tertiary/aromatic N) is 4. The number of halogens is 2. The van der Waals surface area contributed by atoms with E-state index in [0.29, 0.717) is 17.6 Å². The molecule has 8 nitrogen and oxygen atoms in total. The molecular formula is C19H13F2N5O3S. The summed E-state index contributed by atoms with van der Waals surface area (Å²) in [6.07, 6.45) is 4.66. The van der Waals surface area contributed by atoms with Crippen LogP contribution in [0.4, 0.5) is 14.5 Å². The van der Waals surface area contributed by atoms with Crippen molar-refractivity contribution in [2.24, 2.45) is 0 Å². The van der Waals surface area contributed by atoms with Crippen LogP contribution in [0.25, 0.3) is 5.82 Å². The minimum absolute atomic E-state index is 0.172. The lowest BCUT2D eigenvalue weighted by Crippen LogP contribution is -2.14. The topological polar surface area (TPSA) is 99.0 Å². The second kappa shape index (κ2) is 7.87. The molecule has 0 saturated heterocycles. The molecule has 0 aliphatic rings. The lowest BCUT2D eigenvalue weighted by Gasteiger charge is -2.10. The Morgan fingerprint density at radius 1 is 1.00 bits per heavy atom. The maximum atomic E-state index is 13.8. The Balaban J connectivity index is 1.49. The number of anilines is 1. The third kappa shape index (κ3) is 4.25. The van der Waals surface area contributed by atoms with Crippen molar-refractivity contribution in [2.75, 3.05) is 4.72 Å². The zero-order valence-electron chi connectivity index (χ0n) is 15.1. The van der Waals surface area contributed by atoms with Gasteiger partial charge in [0.2, 0.25) is 5.88 Å². The molecule has 0 fully saturated rings. The summed E-state index contributed by atoms with van der Waals surface area (Å²) in [5.41, 5.74) is 0.172. The van der Waals surface area contributed by atoms with Gasteiger partial charge in [0.15, 0.2) is 5.82 Å². The third-order valence-corrected chi connectivity index (χ3v) is 5.29. The second-order valence-electron chi connectivity index (χ2n) is 5.97. The minimum Gasteiger partial charge on any atom is -0.439 e. The number of hydrogen-bond acceptors (Lipinski definition) is 6. The molecule has 2 aromatic carbocycles. The molecule has 0 atom stereocenters. The fourth-order valence-electron chi connectivity index (χ4n) is 2.53. The van der Waals surface area contributed by atoms with E-state index in [4.69, 9.17) is 4.74 Å². The Morgan fingerprint density at radius 3 is 2.50 bits per heavy atom. The van der Waals surface area contributed by atoms with Gasteiger partial charge < -0.3 is 4.74 Å². The van der Waals surface area contributed by atoms with Crippen molar-refractivity contribution in [3.8, 4) is 17.4 Å². The van der Waals surface area contributed by atoms with Crippen LogP contribution in [0.15, 0.2) is 78.2 Å². The molecule has 0 aliphatic carbocycles. The predicted molar refractivity (Wildman–Crippen MR) is 103 cm³/mol. The van der Waals surface area contributed by atoms with E-state index >= 15 is 0 Å². The summed E-state index contributed by atoms with van der Waals surface area (Å²) < 4.78 is 60.9. The van der Waals surface area contributed by atoms with Gasteiger partial charge in [0, 0.05) is 30.2 Å². The van der Waals surface area contributed by atoms with Crippen LogP contribution in [-0.4, -0.2) is 28.2 Å². The molecule has 11 heteroatoms. The first-order chi connectivity index (χ1) is 14.4. The quantitative estimate of drug-likeness (QED) is 0.503. The van der Waals surface area contributed by atoms with Gasteiger partial charge in [-0.25, -0.2) is 31.8 Å². The molecule has 1 N–H and O–H groups in total. The van der Waals surface area contributed by atoms with E-state index in [1.54, 1.807) is 29.2 Å². The van der Waals surface area contributed by atoms with Crippen LogP contribution in [0, 0.1) is 11.6 Å². The highest BCUT2D eigenvalue weighted by molar-refractivity contribution is 7.92. The van der Waals surface area contributed by atoms with Crippen LogP contribution in [0.3, 0.4) is 0 Å². The van der Waals surface area contributed by atoms with Gasteiger partial charge in [-0.3, -0.25) is 4.72 Å². The molecule has 0 saturated carbocycles. The number of hydrogen-bond donors (Lipinski definition) is 1. The zero-order valence-corrected chi connectivity index (χ0v) is 15.9. The van der Waals surface area contributed by atoms with Gasteiger partial charge in [0.25, 0.3) is 10.0 Å². The largest absolute Gasteiger partial charge is 0.439 e. The first-order valence-corrected chi connectivity index (χ1v) is 9.97. The molecule has 0 aliphatic heterocycles.